The van der Waals surface area contributed by atoms with Crippen molar-refractivity contribution in [3.63, 3.8) is 0 Å². The van der Waals surface area contributed by atoms with E-state index in [1.807, 2.05) is 0 Å². The minimum atomic E-state index is -0.358. The third kappa shape index (κ3) is 3.35. The maximum absolute atomic E-state index is 11.4. The Bertz CT molecular complexity index is 276. The molecule has 15 heavy (non-hydrogen) atoms. The Kier molecular flexibility index (Phi) is 6.26. The number of amides is 1. The topological polar surface area (TPSA) is 47.6 Å². The Labute approximate surface area is 102 Å². The van der Waals surface area contributed by atoms with Crippen molar-refractivity contribution in [1.29, 1.82) is 0 Å². The second-order valence-corrected chi connectivity index (χ2v) is 2.81. The summed E-state index contributed by atoms with van der Waals surface area (Å²) in [4.78, 5) is 11.4. The second-order valence-electron chi connectivity index (χ2n) is 2.81. The smallest absolute Gasteiger partial charge is 0.581 e. The number of hydrogen-bond acceptors (Lipinski definition) is 3. The Morgan fingerprint density at radius 1 is 1.53 bits per heavy atom. The summed E-state index contributed by atoms with van der Waals surface area (Å²) in [6.07, 6.45) is 5.79. The van der Waals surface area contributed by atoms with Crippen LogP contribution in [-0.2, 0) is 14.3 Å². The van der Waals surface area contributed by atoms with Crippen LogP contribution in [0.1, 0.15) is 0 Å². The van der Waals surface area contributed by atoms with Gasteiger partial charge in [0, 0.05) is 20.1 Å². The van der Waals surface area contributed by atoms with Gasteiger partial charge < -0.3 is 14.8 Å². The molecule has 5 heteroatoms. The van der Waals surface area contributed by atoms with E-state index in [1.54, 1.807) is 32.4 Å². The number of hydrogen-bond donors (Lipinski definition) is 1. The van der Waals surface area contributed by atoms with Gasteiger partial charge in [0.2, 0.25) is 5.91 Å². The molecule has 0 bridgehead atoms. The average molecular weight is 203 g/mol. The largest absolute Gasteiger partial charge is 1.00 e. The summed E-state index contributed by atoms with van der Waals surface area (Å²) in [6.45, 7) is 0. The van der Waals surface area contributed by atoms with Gasteiger partial charge in [-0.25, -0.2) is 0 Å². The molecule has 0 fully saturated rings. The molecule has 1 N–H and O–H groups in total. The van der Waals surface area contributed by atoms with Gasteiger partial charge in [0.15, 0.2) is 0 Å². The number of carbonyl (C=O) groups excluding carboxylic acids is 1. The van der Waals surface area contributed by atoms with Crippen molar-refractivity contribution in [2.75, 3.05) is 21.3 Å². The molecule has 0 saturated carbocycles. The molecule has 1 aliphatic rings. The molecule has 4 nitrogen and oxygen atoms in total. The molecule has 1 unspecified atom stereocenters. The number of carbonyl (C=O) groups is 1. The third-order valence-electron chi connectivity index (χ3n) is 2.04. The molecule has 1 aliphatic carbocycles. The van der Waals surface area contributed by atoms with Crippen LogP contribution in [0, 0.1) is 12.0 Å². The van der Waals surface area contributed by atoms with Crippen molar-refractivity contribution in [3.8, 4) is 0 Å². The fraction of sp³-hybridized carbons (Fsp3) is 0.400. The van der Waals surface area contributed by atoms with E-state index in [-0.39, 0.29) is 30.7 Å². The normalized spacial score (nSPS) is 19.0. The van der Waals surface area contributed by atoms with Crippen LogP contribution in [0.25, 0.3) is 0 Å². The van der Waals surface area contributed by atoms with Gasteiger partial charge in [0.05, 0.1) is 7.11 Å². The summed E-state index contributed by atoms with van der Waals surface area (Å²) in [7, 11) is 4.71. The minimum absolute atomic E-state index is 0. The molecule has 0 aromatic heterocycles. The predicted octanol–water partition coefficient (Wildman–Crippen LogP) is -2.37. The van der Waals surface area contributed by atoms with Crippen molar-refractivity contribution in [2.24, 2.45) is 5.92 Å². The third-order valence-corrected chi connectivity index (χ3v) is 2.04. The number of nitrogens with one attached hydrogen (secondary N) is 1. The van der Waals surface area contributed by atoms with Crippen molar-refractivity contribution < 1.29 is 33.1 Å². The SMILES string of the molecule is CNC(=O)C1C=CC(OC)=C[C-]1OC.[Li+]. The fourth-order valence-electron chi connectivity index (χ4n) is 1.25. The van der Waals surface area contributed by atoms with Crippen molar-refractivity contribution in [2.45, 2.75) is 0 Å². The van der Waals surface area contributed by atoms with E-state index in [2.05, 4.69) is 5.32 Å². The monoisotopic (exact) mass is 203 g/mol. The summed E-state index contributed by atoms with van der Waals surface area (Å²) in [5.74, 6) is 0.232. The first-order valence-electron chi connectivity index (χ1n) is 4.29. The molecule has 1 atom stereocenters. The number of ether oxygens (including phenoxy) is 2. The molecule has 0 radical (unpaired) electrons. The molecular formula is C10H14LiNO3. The standard InChI is InChI=1S/C10H14NO3.Li/c1-11-10(12)8-5-4-7(13-2)6-9(8)14-3;/h4-6,8H,1-3H3,(H,11,12);/q-1;+1. The summed E-state index contributed by atoms with van der Waals surface area (Å²) in [5.41, 5.74) is 0. The van der Waals surface area contributed by atoms with Gasteiger partial charge in [-0.3, -0.25) is 4.79 Å². The maximum Gasteiger partial charge on any atom is 1.00 e. The first-order valence-corrected chi connectivity index (χ1v) is 4.29. The molecule has 1 amide bonds. The van der Waals surface area contributed by atoms with E-state index in [0.29, 0.717) is 11.9 Å². The molecule has 0 aliphatic heterocycles. The molecule has 1 rings (SSSR count). The minimum Gasteiger partial charge on any atom is -0.581 e. The van der Waals surface area contributed by atoms with E-state index in [9.17, 15) is 4.79 Å². The van der Waals surface area contributed by atoms with Gasteiger partial charge in [-0.1, -0.05) is 12.2 Å². The van der Waals surface area contributed by atoms with Gasteiger partial charge in [-0.15, -0.1) is 6.08 Å². The first-order chi connectivity index (χ1) is 6.72. The van der Waals surface area contributed by atoms with Crippen molar-refractivity contribution in [3.05, 3.63) is 30.1 Å². The van der Waals surface area contributed by atoms with Crippen molar-refractivity contribution in [1.82, 2.24) is 5.32 Å². The van der Waals surface area contributed by atoms with Crippen LogP contribution < -0.4 is 24.2 Å². The number of rotatable bonds is 3. The number of allylic oxidation sites excluding steroid dienone is 1. The van der Waals surface area contributed by atoms with Gasteiger partial charge in [0.25, 0.3) is 0 Å². The fourth-order valence-corrected chi connectivity index (χ4v) is 1.25. The summed E-state index contributed by atoms with van der Waals surface area (Å²) in [5, 5.41) is 2.57. The first kappa shape index (κ1) is 14.2. The molecular weight excluding hydrogens is 189 g/mol. The maximum atomic E-state index is 11.4. The average Bonchev–Trinajstić information content (AvgIpc) is 2.27. The molecule has 0 aromatic carbocycles. The Morgan fingerprint density at radius 3 is 2.67 bits per heavy atom. The zero-order valence-electron chi connectivity index (χ0n) is 9.53. The van der Waals surface area contributed by atoms with Gasteiger partial charge in [-0.05, 0) is 5.76 Å². The Hall–Kier alpha value is -0.823. The quantitative estimate of drug-likeness (QED) is 0.412. The van der Waals surface area contributed by atoms with Crippen LogP contribution in [0.4, 0.5) is 0 Å². The van der Waals surface area contributed by atoms with E-state index >= 15 is 0 Å². The summed E-state index contributed by atoms with van der Waals surface area (Å²) < 4.78 is 10.1. The number of methoxy groups -OCH3 is 2. The molecule has 78 valence electrons. The second kappa shape index (κ2) is 6.62. The van der Waals surface area contributed by atoms with Gasteiger partial charge >= 0.3 is 18.9 Å². The van der Waals surface area contributed by atoms with E-state index in [1.165, 1.54) is 7.11 Å². The van der Waals surface area contributed by atoms with Crippen LogP contribution in [0.2, 0.25) is 0 Å². The van der Waals surface area contributed by atoms with Crippen LogP contribution >= 0.6 is 0 Å². The van der Waals surface area contributed by atoms with Crippen LogP contribution in [-0.4, -0.2) is 27.2 Å². The zero-order valence-corrected chi connectivity index (χ0v) is 9.53. The Morgan fingerprint density at radius 2 is 2.20 bits per heavy atom. The van der Waals surface area contributed by atoms with Crippen molar-refractivity contribution >= 4 is 5.91 Å². The summed E-state index contributed by atoms with van der Waals surface area (Å²) >= 11 is 0. The molecule has 0 aromatic rings. The summed E-state index contributed by atoms with van der Waals surface area (Å²) in [6, 6.07) is 0. The Balaban J connectivity index is 0.00000196. The zero-order chi connectivity index (χ0) is 10.6. The van der Waals surface area contributed by atoms with Gasteiger partial charge in [0.1, 0.15) is 0 Å². The molecule has 0 spiro atoms. The van der Waals surface area contributed by atoms with E-state index in [4.69, 9.17) is 9.47 Å². The predicted molar refractivity (Wildman–Crippen MR) is 52.0 cm³/mol. The molecule has 0 heterocycles. The van der Waals surface area contributed by atoms with Crippen LogP contribution in [0.5, 0.6) is 0 Å². The van der Waals surface area contributed by atoms with Crippen LogP contribution in [0.15, 0.2) is 24.0 Å². The molecule has 0 saturated heterocycles. The van der Waals surface area contributed by atoms with E-state index < -0.39 is 0 Å². The van der Waals surface area contributed by atoms with Crippen LogP contribution in [0.3, 0.4) is 0 Å². The van der Waals surface area contributed by atoms with Gasteiger partial charge in [-0.2, -0.15) is 6.08 Å². The van der Waals surface area contributed by atoms with E-state index in [0.717, 1.165) is 0 Å².